The van der Waals surface area contributed by atoms with E-state index in [9.17, 15) is 9.59 Å². The van der Waals surface area contributed by atoms with Gasteiger partial charge < -0.3 is 5.32 Å². The van der Waals surface area contributed by atoms with E-state index >= 15 is 0 Å². The molecule has 2 aromatic rings. The van der Waals surface area contributed by atoms with Gasteiger partial charge in [-0.25, -0.2) is 4.99 Å². The van der Waals surface area contributed by atoms with Crippen molar-refractivity contribution in [3.8, 4) is 0 Å². The summed E-state index contributed by atoms with van der Waals surface area (Å²) in [5, 5.41) is 3.49. The Kier molecular flexibility index (Phi) is 6.19. The number of benzene rings is 2. The van der Waals surface area contributed by atoms with E-state index < -0.39 is 5.25 Å². The van der Waals surface area contributed by atoms with Crippen LogP contribution in [0.5, 0.6) is 0 Å². The normalized spacial score (nSPS) is 18.2. The molecule has 1 aliphatic heterocycles. The van der Waals surface area contributed by atoms with E-state index in [-0.39, 0.29) is 18.2 Å². The molecular formula is C20H20ClN3O2S. The number of aryl methyl sites for hydroxylation is 1. The zero-order valence-corrected chi connectivity index (χ0v) is 16.7. The van der Waals surface area contributed by atoms with Crippen LogP contribution in [0.3, 0.4) is 0 Å². The molecule has 0 saturated carbocycles. The number of halogens is 1. The molecule has 1 heterocycles. The number of nitrogens with one attached hydrogen (secondary N) is 1. The molecule has 7 heteroatoms. The second kappa shape index (κ2) is 8.59. The number of para-hydroxylation sites is 1. The second-order valence-electron chi connectivity index (χ2n) is 6.13. The molecule has 1 atom stereocenters. The molecule has 1 unspecified atom stereocenters. The van der Waals surface area contributed by atoms with Gasteiger partial charge in [0, 0.05) is 23.7 Å². The maximum Gasteiger partial charge on any atom is 0.242 e. The van der Waals surface area contributed by atoms with E-state index in [1.807, 2.05) is 38.1 Å². The van der Waals surface area contributed by atoms with E-state index in [0.29, 0.717) is 22.4 Å². The third-order valence-corrected chi connectivity index (χ3v) is 5.56. The summed E-state index contributed by atoms with van der Waals surface area (Å²) in [6.45, 7) is 4.40. The molecule has 0 aliphatic carbocycles. The highest BCUT2D eigenvalue weighted by molar-refractivity contribution is 8.15. The van der Waals surface area contributed by atoms with E-state index in [1.165, 1.54) is 11.8 Å². The predicted molar refractivity (Wildman–Crippen MR) is 112 cm³/mol. The Bertz CT molecular complexity index is 900. The first-order valence-electron chi connectivity index (χ1n) is 8.65. The Morgan fingerprint density at radius 2 is 2.04 bits per heavy atom. The molecule has 1 saturated heterocycles. The molecule has 0 aromatic heterocycles. The fourth-order valence-corrected chi connectivity index (χ4v) is 4.16. The number of carbonyl (C=O) groups excluding carboxylic acids is 2. The second-order valence-corrected chi connectivity index (χ2v) is 7.74. The Balaban J connectivity index is 1.72. The van der Waals surface area contributed by atoms with Crippen LogP contribution in [0.4, 0.5) is 11.4 Å². The summed E-state index contributed by atoms with van der Waals surface area (Å²) in [6.07, 6.45) is 0.0826. The van der Waals surface area contributed by atoms with Crippen LogP contribution in [-0.2, 0) is 9.59 Å². The summed E-state index contributed by atoms with van der Waals surface area (Å²) >= 11 is 7.27. The quantitative estimate of drug-likeness (QED) is 0.794. The van der Waals surface area contributed by atoms with Gasteiger partial charge in [0.2, 0.25) is 11.8 Å². The summed E-state index contributed by atoms with van der Waals surface area (Å²) in [4.78, 5) is 31.3. The third-order valence-electron chi connectivity index (χ3n) is 4.15. The summed E-state index contributed by atoms with van der Waals surface area (Å²) < 4.78 is 0. The van der Waals surface area contributed by atoms with Crippen LogP contribution in [0.2, 0.25) is 5.02 Å². The first kappa shape index (κ1) is 19.5. The number of nitrogens with zero attached hydrogens (tertiary/aromatic N) is 2. The highest BCUT2D eigenvalue weighted by atomic mass is 35.5. The Hall–Kier alpha value is -2.31. The van der Waals surface area contributed by atoms with Gasteiger partial charge in [-0.1, -0.05) is 47.6 Å². The Morgan fingerprint density at radius 1 is 1.26 bits per heavy atom. The van der Waals surface area contributed by atoms with Crippen molar-refractivity contribution < 1.29 is 9.59 Å². The number of aliphatic imine (C=N–C) groups is 1. The van der Waals surface area contributed by atoms with Gasteiger partial charge in [0.15, 0.2) is 5.17 Å². The van der Waals surface area contributed by atoms with Crippen LogP contribution >= 0.6 is 23.4 Å². The van der Waals surface area contributed by atoms with Crippen molar-refractivity contribution in [2.75, 3.05) is 11.9 Å². The molecular weight excluding hydrogens is 382 g/mol. The maximum atomic E-state index is 12.7. The first-order valence-corrected chi connectivity index (χ1v) is 9.91. The molecule has 1 aliphatic rings. The molecule has 0 bridgehead atoms. The van der Waals surface area contributed by atoms with Gasteiger partial charge in [-0.3, -0.25) is 14.5 Å². The average molecular weight is 402 g/mol. The van der Waals surface area contributed by atoms with Crippen molar-refractivity contribution in [2.24, 2.45) is 4.99 Å². The molecule has 140 valence electrons. The highest BCUT2D eigenvalue weighted by Crippen LogP contribution is 2.32. The Morgan fingerprint density at radius 3 is 2.74 bits per heavy atom. The summed E-state index contributed by atoms with van der Waals surface area (Å²) in [5.74, 6) is -0.313. The van der Waals surface area contributed by atoms with Gasteiger partial charge in [0.25, 0.3) is 0 Å². The van der Waals surface area contributed by atoms with Crippen molar-refractivity contribution in [3.63, 3.8) is 0 Å². The van der Waals surface area contributed by atoms with Gasteiger partial charge in [0.05, 0.1) is 5.69 Å². The van der Waals surface area contributed by atoms with Crippen molar-refractivity contribution in [1.82, 2.24) is 4.90 Å². The minimum absolute atomic E-state index is 0.0826. The minimum atomic E-state index is -0.480. The summed E-state index contributed by atoms with van der Waals surface area (Å²) in [6, 6.07) is 14.7. The largest absolute Gasteiger partial charge is 0.326 e. The molecule has 2 amide bonds. The van der Waals surface area contributed by atoms with E-state index in [4.69, 9.17) is 11.6 Å². The van der Waals surface area contributed by atoms with Gasteiger partial charge >= 0.3 is 0 Å². The van der Waals surface area contributed by atoms with Gasteiger partial charge in [-0.05, 0) is 43.7 Å². The van der Waals surface area contributed by atoms with Crippen molar-refractivity contribution >= 4 is 51.7 Å². The lowest BCUT2D eigenvalue weighted by Gasteiger charge is -2.13. The van der Waals surface area contributed by atoms with E-state index in [0.717, 1.165) is 11.3 Å². The van der Waals surface area contributed by atoms with Gasteiger partial charge in [-0.2, -0.15) is 0 Å². The van der Waals surface area contributed by atoms with Crippen LogP contribution < -0.4 is 5.32 Å². The molecule has 27 heavy (non-hydrogen) atoms. The van der Waals surface area contributed by atoms with E-state index in [2.05, 4.69) is 10.3 Å². The van der Waals surface area contributed by atoms with Crippen LogP contribution in [0.1, 0.15) is 18.9 Å². The smallest absolute Gasteiger partial charge is 0.242 e. The lowest BCUT2D eigenvalue weighted by Crippen LogP contribution is -2.33. The number of amidine groups is 1. The molecule has 0 spiro atoms. The molecule has 0 radical (unpaired) electrons. The van der Waals surface area contributed by atoms with Crippen LogP contribution in [0.25, 0.3) is 0 Å². The average Bonchev–Trinajstić information content (AvgIpc) is 2.91. The standard InChI is InChI=1S/C20H20ClN3O2S/c1-3-24-19(26)17(12-18(25)22-15-9-6-8-14(21)11-15)27-20(24)23-16-10-5-4-7-13(16)2/h4-11,17H,3,12H2,1-2H3,(H,22,25). The number of hydrogen-bond acceptors (Lipinski definition) is 4. The predicted octanol–water partition coefficient (Wildman–Crippen LogP) is 4.63. The number of amides is 2. The van der Waals surface area contributed by atoms with Gasteiger partial charge in [-0.15, -0.1) is 0 Å². The Labute approximate surface area is 167 Å². The fourth-order valence-electron chi connectivity index (χ4n) is 2.75. The topological polar surface area (TPSA) is 61.8 Å². The highest BCUT2D eigenvalue weighted by Gasteiger charge is 2.38. The number of carbonyl (C=O) groups is 2. The minimum Gasteiger partial charge on any atom is -0.326 e. The maximum absolute atomic E-state index is 12.7. The monoisotopic (exact) mass is 401 g/mol. The van der Waals surface area contributed by atoms with Crippen LogP contribution in [-0.4, -0.2) is 33.7 Å². The van der Waals surface area contributed by atoms with Crippen molar-refractivity contribution in [3.05, 3.63) is 59.1 Å². The molecule has 2 aromatic carbocycles. The number of hydrogen-bond donors (Lipinski definition) is 1. The zero-order valence-electron chi connectivity index (χ0n) is 15.1. The number of rotatable bonds is 5. The van der Waals surface area contributed by atoms with Crippen molar-refractivity contribution in [2.45, 2.75) is 25.5 Å². The summed E-state index contributed by atoms with van der Waals surface area (Å²) in [5.41, 5.74) is 2.48. The molecule has 5 nitrogen and oxygen atoms in total. The lowest BCUT2D eigenvalue weighted by atomic mass is 10.2. The lowest BCUT2D eigenvalue weighted by molar-refractivity contribution is -0.128. The molecule has 3 rings (SSSR count). The SMILES string of the molecule is CCN1C(=O)C(CC(=O)Nc2cccc(Cl)c2)SC1=Nc1ccccc1C. The third kappa shape index (κ3) is 4.70. The number of anilines is 1. The fraction of sp³-hybridized carbons (Fsp3) is 0.250. The van der Waals surface area contributed by atoms with Crippen molar-refractivity contribution in [1.29, 1.82) is 0 Å². The van der Waals surface area contributed by atoms with E-state index in [1.54, 1.807) is 29.2 Å². The first-order chi connectivity index (χ1) is 13.0. The molecule has 1 fully saturated rings. The van der Waals surface area contributed by atoms with Gasteiger partial charge in [0.1, 0.15) is 5.25 Å². The number of thioether (sulfide) groups is 1. The van der Waals surface area contributed by atoms with Crippen LogP contribution in [0, 0.1) is 6.92 Å². The van der Waals surface area contributed by atoms with Crippen LogP contribution in [0.15, 0.2) is 53.5 Å². The summed E-state index contributed by atoms with van der Waals surface area (Å²) in [7, 11) is 0. The zero-order chi connectivity index (χ0) is 19.4. The molecule has 1 N–H and O–H groups in total.